The summed E-state index contributed by atoms with van der Waals surface area (Å²) in [5.74, 6) is 0.738. The molecule has 0 amide bonds. The van der Waals surface area contributed by atoms with Gasteiger partial charge in [-0.25, -0.2) is 4.98 Å². The zero-order valence-electron chi connectivity index (χ0n) is 9.79. The van der Waals surface area contributed by atoms with Crippen LogP contribution >= 0.6 is 11.6 Å². The van der Waals surface area contributed by atoms with Crippen LogP contribution in [0.15, 0.2) is 30.3 Å². The second-order valence-corrected chi connectivity index (χ2v) is 4.39. The minimum absolute atomic E-state index is 0.682. The quantitative estimate of drug-likeness (QED) is 0.851. The Bertz CT molecular complexity index is 552. The molecule has 0 spiro atoms. The van der Waals surface area contributed by atoms with Gasteiger partial charge in [0.15, 0.2) is 0 Å². The molecule has 0 aliphatic carbocycles. The number of aromatic nitrogens is 1. The van der Waals surface area contributed by atoms with Gasteiger partial charge >= 0.3 is 0 Å². The molecule has 0 aliphatic heterocycles. The van der Waals surface area contributed by atoms with Crippen molar-refractivity contribution in [3.05, 3.63) is 46.6 Å². The molecule has 0 saturated carbocycles. The predicted octanol–water partition coefficient (Wildman–Crippen LogP) is 3.68. The van der Waals surface area contributed by atoms with E-state index in [1.54, 1.807) is 0 Å². The largest absolute Gasteiger partial charge is 0.397 e. The summed E-state index contributed by atoms with van der Waals surface area (Å²) in [7, 11) is 0. The van der Waals surface area contributed by atoms with Crippen LogP contribution in [0.2, 0.25) is 5.02 Å². The fraction of sp³-hybridized carbons (Fsp3) is 0.154. The van der Waals surface area contributed by atoms with E-state index < -0.39 is 0 Å². The molecule has 3 N–H and O–H groups in total. The summed E-state index contributed by atoms with van der Waals surface area (Å²) >= 11 is 6.14. The molecular formula is C13H14ClN3. The molecule has 0 fully saturated rings. The van der Waals surface area contributed by atoms with Crippen molar-refractivity contribution in [2.75, 3.05) is 11.1 Å². The average Bonchev–Trinajstić information content (AvgIpc) is 2.27. The number of benzene rings is 1. The molecule has 2 aromatic rings. The van der Waals surface area contributed by atoms with Gasteiger partial charge in [0.05, 0.1) is 22.1 Å². The van der Waals surface area contributed by atoms with E-state index in [1.807, 2.05) is 44.2 Å². The summed E-state index contributed by atoms with van der Waals surface area (Å²) in [5.41, 5.74) is 9.17. The van der Waals surface area contributed by atoms with Crippen molar-refractivity contribution in [1.29, 1.82) is 0 Å². The third-order valence-corrected chi connectivity index (χ3v) is 2.83. The van der Waals surface area contributed by atoms with Gasteiger partial charge in [0.1, 0.15) is 5.82 Å². The van der Waals surface area contributed by atoms with Gasteiger partial charge in [-0.2, -0.15) is 0 Å². The van der Waals surface area contributed by atoms with E-state index in [4.69, 9.17) is 17.3 Å². The van der Waals surface area contributed by atoms with Crippen LogP contribution in [0.25, 0.3) is 0 Å². The number of aryl methyl sites for hydroxylation is 2. The van der Waals surface area contributed by atoms with Crippen LogP contribution in [0.3, 0.4) is 0 Å². The SMILES string of the molecule is Cc1ccc(Nc2ccc(N)c(C)n2)c(Cl)c1. The maximum absolute atomic E-state index is 6.14. The van der Waals surface area contributed by atoms with Crippen molar-refractivity contribution < 1.29 is 0 Å². The van der Waals surface area contributed by atoms with Crippen molar-refractivity contribution >= 4 is 28.8 Å². The maximum Gasteiger partial charge on any atom is 0.130 e. The molecule has 0 saturated heterocycles. The van der Waals surface area contributed by atoms with E-state index in [0.29, 0.717) is 10.7 Å². The zero-order chi connectivity index (χ0) is 12.4. The number of rotatable bonds is 2. The lowest BCUT2D eigenvalue weighted by Crippen LogP contribution is -1.98. The summed E-state index contributed by atoms with van der Waals surface area (Å²) in [5, 5.41) is 3.85. The van der Waals surface area contributed by atoms with E-state index >= 15 is 0 Å². The molecule has 1 aromatic heterocycles. The Morgan fingerprint density at radius 1 is 1.18 bits per heavy atom. The summed E-state index contributed by atoms with van der Waals surface area (Å²) in [6, 6.07) is 9.50. The maximum atomic E-state index is 6.14. The molecule has 17 heavy (non-hydrogen) atoms. The van der Waals surface area contributed by atoms with Gasteiger partial charge < -0.3 is 11.1 Å². The molecule has 1 aromatic carbocycles. The van der Waals surface area contributed by atoms with Crippen molar-refractivity contribution in [2.24, 2.45) is 0 Å². The molecule has 88 valence electrons. The average molecular weight is 248 g/mol. The smallest absolute Gasteiger partial charge is 0.130 e. The lowest BCUT2D eigenvalue weighted by Gasteiger charge is -2.09. The number of anilines is 3. The second-order valence-electron chi connectivity index (χ2n) is 3.98. The number of nitrogens with two attached hydrogens (primary N) is 1. The van der Waals surface area contributed by atoms with E-state index in [9.17, 15) is 0 Å². The summed E-state index contributed by atoms with van der Waals surface area (Å²) in [6.45, 7) is 3.87. The summed E-state index contributed by atoms with van der Waals surface area (Å²) in [6.07, 6.45) is 0. The Morgan fingerprint density at radius 2 is 1.94 bits per heavy atom. The standard InChI is InChI=1S/C13H14ClN3/c1-8-3-5-12(10(14)7-8)17-13-6-4-11(15)9(2)16-13/h3-7H,15H2,1-2H3,(H,16,17). The third kappa shape index (κ3) is 2.68. The molecule has 0 bridgehead atoms. The minimum Gasteiger partial charge on any atom is -0.397 e. The normalized spacial score (nSPS) is 10.3. The van der Waals surface area contributed by atoms with E-state index in [-0.39, 0.29) is 0 Å². The number of halogens is 1. The Kier molecular flexibility index (Phi) is 3.20. The van der Waals surface area contributed by atoms with Crippen molar-refractivity contribution in [1.82, 2.24) is 4.98 Å². The van der Waals surface area contributed by atoms with Gasteiger partial charge in [0.25, 0.3) is 0 Å². The van der Waals surface area contributed by atoms with Gasteiger partial charge in [-0.3, -0.25) is 0 Å². The molecule has 3 nitrogen and oxygen atoms in total. The van der Waals surface area contributed by atoms with Crippen molar-refractivity contribution in [3.8, 4) is 0 Å². The van der Waals surface area contributed by atoms with Gasteiger partial charge in [-0.1, -0.05) is 17.7 Å². The number of nitrogen functional groups attached to an aromatic ring is 1. The van der Waals surface area contributed by atoms with Crippen LogP contribution in [0.4, 0.5) is 17.2 Å². The van der Waals surface area contributed by atoms with Crippen molar-refractivity contribution in [3.63, 3.8) is 0 Å². The lowest BCUT2D eigenvalue weighted by molar-refractivity contribution is 1.20. The first-order valence-electron chi connectivity index (χ1n) is 5.32. The first kappa shape index (κ1) is 11.7. The molecule has 1 heterocycles. The lowest BCUT2D eigenvalue weighted by atomic mass is 10.2. The molecule has 0 aliphatic rings. The molecule has 4 heteroatoms. The van der Waals surface area contributed by atoms with Gasteiger partial charge in [0, 0.05) is 0 Å². The predicted molar refractivity (Wildman–Crippen MR) is 72.9 cm³/mol. The highest BCUT2D eigenvalue weighted by Gasteiger charge is 2.03. The molecule has 0 unspecified atom stereocenters. The van der Waals surface area contributed by atoms with Gasteiger partial charge in [-0.05, 0) is 43.7 Å². The number of nitrogens with one attached hydrogen (secondary N) is 1. The van der Waals surface area contributed by atoms with Gasteiger partial charge in [0.2, 0.25) is 0 Å². The third-order valence-electron chi connectivity index (χ3n) is 2.51. The van der Waals surface area contributed by atoms with E-state index in [0.717, 1.165) is 22.8 Å². The van der Waals surface area contributed by atoms with Gasteiger partial charge in [-0.15, -0.1) is 0 Å². The number of nitrogens with zero attached hydrogens (tertiary/aromatic N) is 1. The highest BCUT2D eigenvalue weighted by molar-refractivity contribution is 6.33. The van der Waals surface area contributed by atoms with Crippen LogP contribution < -0.4 is 11.1 Å². The van der Waals surface area contributed by atoms with Crippen LogP contribution in [0.1, 0.15) is 11.3 Å². The Morgan fingerprint density at radius 3 is 2.59 bits per heavy atom. The Hall–Kier alpha value is -1.74. The fourth-order valence-corrected chi connectivity index (χ4v) is 1.78. The van der Waals surface area contributed by atoms with Crippen LogP contribution in [0, 0.1) is 13.8 Å². The topological polar surface area (TPSA) is 50.9 Å². The molecule has 0 atom stereocenters. The van der Waals surface area contributed by atoms with E-state index in [2.05, 4.69) is 10.3 Å². The first-order chi connectivity index (χ1) is 8.06. The molecular weight excluding hydrogens is 234 g/mol. The molecule has 0 radical (unpaired) electrons. The highest BCUT2D eigenvalue weighted by atomic mass is 35.5. The van der Waals surface area contributed by atoms with Crippen LogP contribution in [-0.2, 0) is 0 Å². The van der Waals surface area contributed by atoms with E-state index in [1.165, 1.54) is 0 Å². The molecule has 2 rings (SSSR count). The monoisotopic (exact) mass is 247 g/mol. The number of pyridine rings is 1. The number of hydrogen-bond acceptors (Lipinski definition) is 3. The minimum atomic E-state index is 0.682. The van der Waals surface area contributed by atoms with Crippen LogP contribution in [-0.4, -0.2) is 4.98 Å². The van der Waals surface area contributed by atoms with Crippen molar-refractivity contribution in [2.45, 2.75) is 13.8 Å². The second kappa shape index (κ2) is 4.63. The number of hydrogen-bond donors (Lipinski definition) is 2. The highest BCUT2D eigenvalue weighted by Crippen LogP contribution is 2.26. The first-order valence-corrected chi connectivity index (χ1v) is 5.70. The summed E-state index contributed by atoms with van der Waals surface area (Å²) in [4.78, 5) is 4.34. The van der Waals surface area contributed by atoms with Crippen LogP contribution in [0.5, 0.6) is 0 Å². The zero-order valence-corrected chi connectivity index (χ0v) is 10.5. The Balaban J connectivity index is 2.28. The fourth-order valence-electron chi connectivity index (χ4n) is 1.50. The summed E-state index contributed by atoms with van der Waals surface area (Å²) < 4.78 is 0. The Labute approximate surface area is 106 Å².